The average Bonchev–Trinajstić information content (AvgIpc) is 2.76. The normalized spacial score (nSPS) is 11.2. The number of carbonyl (C=O) groups is 1. The van der Waals surface area contributed by atoms with Crippen LogP contribution < -0.4 is 0 Å². The van der Waals surface area contributed by atoms with Crippen LogP contribution in [0.1, 0.15) is 10.5 Å². The van der Waals surface area contributed by atoms with Crippen LogP contribution in [0.3, 0.4) is 0 Å². The van der Waals surface area contributed by atoms with Gasteiger partial charge in [0.05, 0.1) is 11.2 Å². The van der Waals surface area contributed by atoms with Crippen LogP contribution in [0.4, 0.5) is 0 Å². The molecule has 0 saturated heterocycles. The van der Waals surface area contributed by atoms with Gasteiger partial charge in [-0.15, -0.1) is 0 Å². The first-order chi connectivity index (χ1) is 7.29. The van der Waals surface area contributed by atoms with Gasteiger partial charge in [0.1, 0.15) is 11.4 Å². The molecule has 3 rings (SSSR count). The zero-order valence-corrected chi connectivity index (χ0v) is 7.74. The van der Waals surface area contributed by atoms with E-state index in [4.69, 9.17) is 0 Å². The number of nitrogens with one attached hydrogen (secondary N) is 2. The maximum atomic E-state index is 10.6. The smallest absolute Gasteiger partial charge is 0.166 e. The highest BCUT2D eigenvalue weighted by Crippen LogP contribution is 2.30. The fraction of sp³-hybridized carbons (Fsp3) is 0. The van der Waals surface area contributed by atoms with E-state index in [2.05, 4.69) is 9.97 Å². The highest BCUT2D eigenvalue weighted by molar-refractivity contribution is 6.09. The van der Waals surface area contributed by atoms with E-state index in [0.717, 1.165) is 22.7 Å². The molecule has 15 heavy (non-hydrogen) atoms. The number of aromatic nitrogens is 2. The second-order valence-corrected chi connectivity index (χ2v) is 3.46. The van der Waals surface area contributed by atoms with Crippen molar-refractivity contribution in [1.29, 1.82) is 0 Å². The van der Waals surface area contributed by atoms with E-state index >= 15 is 0 Å². The van der Waals surface area contributed by atoms with Crippen LogP contribution >= 0.6 is 0 Å². The lowest BCUT2D eigenvalue weighted by Gasteiger charge is -1.92. The molecule has 4 nitrogen and oxygen atoms in total. The Morgan fingerprint density at radius 1 is 1.20 bits per heavy atom. The van der Waals surface area contributed by atoms with Crippen LogP contribution in [0, 0.1) is 0 Å². The first-order valence-corrected chi connectivity index (χ1v) is 4.57. The van der Waals surface area contributed by atoms with Crippen molar-refractivity contribution in [2.24, 2.45) is 0 Å². The number of hydrogen-bond donors (Lipinski definition) is 3. The largest absolute Gasteiger partial charge is 0.506 e. The zero-order valence-electron chi connectivity index (χ0n) is 7.74. The number of aromatic amines is 2. The standard InChI is InChI=1S/C11H8N2O2/c14-5-6-4-8-7-2-1-3-9(15)10(7)13-11(8)12-6/h1-5,12-13,15H. The van der Waals surface area contributed by atoms with Gasteiger partial charge in [-0.3, -0.25) is 4.79 Å². The summed E-state index contributed by atoms with van der Waals surface area (Å²) in [7, 11) is 0. The lowest BCUT2D eigenvalue weighted by atomic mass is 10.2. The Bertz CT molecular complexity index is 664. The second kappa shape index (κ2) is 2.63. The van der Waals surface area contributed by atoms with Gasteiger partial charge in [-0.2, -0.15) is 0 Å². The van der Waals surface area contributed by atoms with Gasteiger partial charge in [0, 0.05) is 10.8 Å². The molecule has 2 aromatic heterocycles. The number of aromatic hydroxyl groups is 1. The topological polar surface area (TPSA) is 68.9 Å². The summed E-state index contributed by atoms with van der Waals surface area (Å²) in [5.74, 6) is 0.213. The van der Waals surface area contributed by atoms with E-state index in [0.29, 0.717) is 11.2 Å². The molecule has 2 heterocycles. The quantitative estimate of drug-likeness (QED) is 0.527. The van der Waals surface area contributed by atoms with Gasteiger partial charge in [-0.1, -0.05) is 12.1 Å². The molecule has 3 aromatic rings. The number of phenolic OH excluding ortho intramolecular Hbond substituents is 1. The van der Waals surface area contributed by atoms with Crippen LogP contribution in [-0.4, -0.2) is 21.4 Å². The summed E-state index contributed by atoms with van der Waals surface area (Å²) in [5.41, 5.74) is 1.98. The Morgan fingerprint density at radius 2 is 2.07 bits per heavy atom. The molecule has 0 aliphatic carbocycles. The molecule has 0 bridgehead atoms. The van der Waals surface area contributed by atoms with E-state index in [1.165, 1.54) is 0 Å². The molecular formula is C11H8N2O2. The number of benzene rings is 1. The highest BCUT2D eigenvalue weighted by Gasteiger charge is 2.09. The fourth-order valence-corrected chi connectivity index (χ4v) is 1.87. The lowest BCUT2D eigenvalue weighted by molar-refractivity contribution is 0.112. The molecule has 0 amide bonds. The van der Waals surface area contributed by atoms with Crippen molar-refractivity contribution in [3.63, 3.8) is 0 Å². The summed E-state index contributed by atoms with van der Waals surface area (Å²) >= 11 is 0. The van der Waals surface area contributed by atoms with Crippen molar-refractivity contribution >= 4 is 28.2 Å². The maximum absolute atomic E-state index is 10.6. The van der Waals surface area contributed by atoms with Gasteiger partial charge in [0.2, 0.25) is 0 Å². The van der Waals surface area contributed by atoms with Crippen molar-refractivity contribution in [1.82, 2.24) is 9.97 Å². The van der Waals surface area contributed by atoms with Crippen LogP contribution in [0.2, 0.25) is 0 Å². The second-order valence-electron chi connectivity index (χ2n) is 3.46. The lowest BCUT2D eigenvalue weighted by Crippen LogP contribution is -1.77. The monoisotopic (exact) mass is 200 g/mol. The zero-order chi connectivity index (χ0) is 10.4. The molecule has 74 valence electrons. The van der Waals surface area contributed by atoms with Crippen molar-refractivity contribution < 1.29 is 9.90 Å². The minimum Gasteiger partial charge on any atom is -0.506 e. The third-order valence-corrected chi connectivity index (χ3v) is 2.55. The number of fused-ring (bicyclic) bond motifs is 3. The number of phenols is 1. The molecule has 3 N–H and O–H groups in total. The van der Waals surface area contributed by atoms with Gasteiger partial charge in [-0.05, 0) is 12.1 Å². The molecule has 0 aliphatic rings. The van der Waals surface area contributed by atoms with Gasteiger partial charge in [0.15, 0.2) is 6.29 Å². The molecule has 0 saturated carbocycles. The van der Waals surface area contributed by atoms with E-state index in [1.807, 2.05) is 6.07 Å². The predicted octanol–water partition coefficient (Wildman–Crippen LogP) is 2.17. The Hall–Kier alpha value is -2.23. The number of carbonyl (C=O) groups excluding carboxylic acids is 1. The minimum absolute atomic E-state index is 0.213. The van der Waals surface area contributed by atoms with Crippen LogP contribution in [0.25, 0.3) is 21.9 Å². The summed E-state index contributed by atoms with van der Waals surface area (Å²) in [6.45, 7) is 0. The third kappa shape index (κ3) is 0.985. The van der Waals surface area contributed by atoms with E-state index in [9.17, 15) is 9.90 Å². The van der Waals surface area contributed by atoms with Gasteiger partial charge >= 0.3 is 0 Å². The van der Waals surface area contributed by atoms with E-state index < -0.39 is 0 Å². The Balaban J connectivity index is 2.50. The van der Waals surface area contributed by atoms with Crippen molar-refractivity contribution in [3.8, 4) is 5.75 Å². The first-order valence-electron chi connectivity index (χ1n) is 4.57. The Kier molecular flexibility index (Phi) is 1.42. The molecule has 0 aliphatic heterocycles. The fourth-order valence-electron chi connectivity index (χ4n) is 1.87. The molecule has 0 fully saturated rings. The van der Waals surface area contributed by atoms with E-state index in [-0.39, 0.29) is 5.75 Å². The van der Waals surface area contributed by atoms with Crippen molar-refractivity contribution in [3.05, 3.63) is 30.0 Å². The summed E-state index contributed by atoms with van der Waals surface area (Å²) in [6.07, 6.45) is 0.766. The van der Waals surface area contributed by atoms with Crippen LogP contribution in [0.5, 0.6) is 5.75 Å². The third-order valence-electron chi connectivity index (χ3n) is 2.55. The number of hydrogen-bond acceptors (Lipinski definition) is 2. The van der Waals surface area contributed by atoms with Gasteiger partial charge in [0.25, 0.3) is 0 Å². The molecule has 4 heteroatoms. The molecule has 0 spiro atoms. The molecular weight excluding hydrogens is 192 g/mol. The predicted molar refractivity (Wildman–Crippen MR) is 57.2 cm³/mol. The maximum Gasteiger partial charge on any atom is 0.166 e. The van der Waals surface area contributed by atoms with Crippen molar-refractivity contribution in [2.75, 3.05) is 0 Å². The molecule has 1 aromatic carbocycles. The summed E-state index contributed by atoms with van der Waals surface area (Å²) < 4.78 is 0. The van der Waals surface area contributed by atoms with E-state index in [1.54, 1.807) is 18.2 Å². The van der Waals surface area contributed by atoms with Crippen LogP contribution in [-0.2, 0) is 0 Å². The number of H-pyrrole nitrogens is 2. The number of rotatable bonds is 1. The molecule has 0 atom stereocenters. The van der Waals surface area contributed by atoms with Gasteiger partial charge in [-0.25, -0.2) is 0 Å². The van der Waals surface area contributed by atoms with Gasteiger partial charge < -0.3 is 15.1 Å². The van der Waals surface area contributed by atoms with Crippen LogP contribution in [0.15, 0.2) is 24.3 Å². The summed E-state index contributed by atoms with van der Waals surface area (Å²) in [6, 6.07) is 7.06. The number of aldehydes is 1. The Labute approximate surface area is 84.5 Å². The molecule has 0 radical (unpaired) electrons. The Morgan fingerprint density at radius 3 is 2.87 bits per heavy atom. The summed E-state index contributed by atoms with van der Waals surface area (Å²) in [4.78, 5) is 16.5. The average molecular weight is 200 g/mol. The summed E-state index contributed by atoms with van der Waals surface area (Å²) in [5, 5.41) is 11.4. The SMILES string of the molecule is O=Cc1cc2c([nH]1)[nH]c1c(O)cccc12. The highest BCUT2D eigenvalue weighted by atomic mass is 16.3. The molecule has 0 unspecified atom stereocenters. The minimum atomic E-state index is 0.213. The number of para-hydroxylation sites is 1. The first kappa shape index (κ1) is 8.11. The van der Waals surface area contributed by atoms with Crippen molar-refractivity contribution in [2.45, 2.75) is 0 Å².